The number of hydrogen-bond acceptors (Lipinski definition) is 5. The number of ether oxygens (including phenoxy) is 1. The van der Waals surface area contributed by atoms with Gasteiger partial charge in [-0.05, 0) is 24.6 Å². The van der Waals surface area contributed by atoms with E-state index < -0.39 is 6.41 Å². The second kappa shape index (κ2) is 8.21. The number of nitrogens with zero attached hydrogens (tertiary/aromatic N) is 3. The molecule has 3 atom stereocenters. The monoisotopic (exact) mass is 404 g/mol. The van der Waals surface area contributed by atoms with E-state index in [0.717, 1.165) is 30.5 Å². The van der Waals surface area contributed by atoms with Gasteiger partial charge in [0.1, 0.15) is 5.69 Å². The number of amides is 1. The number of aliphatic hydroxyl groups is 1. The molecule has 0 bridgehead atoms. The number of aliphatic hydroxyl groups excluding tert-OH is 1. The fourth-order valence-electron chi connectivity index (χ4n) is 3.85. The summed E-state index contributed by atoms with van der Waals surface area (Å²) in [6, 6.07) is 9.48. The van der Waals surface area contributed by atoms with Gasteiger partial charge in [-0.1, -0.05) is 43.5 Å². The van der Waals surface area contributed by atoms with E-state index in [4.69, 9.17) is 21.4 Å². The first-order valence-electron chi connectivity index (χ1n) is 9.77. The topological polar surface area (TPSA) is 79.6 Å². The molecule has 1 aromatic carbocycles. The average molecular weight is 405 g/mol. The van der Waals surface area contributed by atoms with Crippen LogP contribution in [0.1, 0.15) is 42.7 Å². The molecule has 2 aromatic rings. The van der Waals surface area contributed by atoms with Gasteiger partial charge in [0.2, 0.25) is 6.41 Å². The maximum Gasteiger partial charge on any atom is 0.272 e. The quantitative estimate of drug-likeness (QED) is 0.773. The minimum absolute atomic E-state index is 0.0505. The van der Waals surface area contributed by atoms with Crippen molar-refractivity contribution in [2.24, 2.45) is 0 Å². The molecular formula is C20H25ClN4O3. The van der Waals surface area contributed by atoms with Gasteiger partial charge in [0.25, 0.3) is 5.91 Å². The Hall–Kier alpha value is -1.93. The molecule has 2 N–H and O–H groups in total. The molecule has 2 aliphatic heterocycles. The predicted molar refractivity (Wildman–Crippen MR) is 106 cm³/mol. The minimum atomic E-state index is -0.956. The molecule has 150 valence electrons. The highest BCUT2D eigenvalue weighted by atomic mass is 35.5. The maximum atomic E-state index is 13.1. The van der Waals surface area contributed by atoms with Crippen LogP contribution in [-0.2, 0) is 4.74 Å². The van der Waals surface area contributed by atoms with Crippen LogP contribution in [0.4, 0.5) is 0 Å². The molecule has 7 nitrogen and oxygen atoms in total. The molecule has 28 heavy (non-hydrogen) atoms. The van der Waals surface area contributed by atoms with E-state index in [9.17, 15) is 9.90 Å². The lowest BCUT2D eigenvalue weighted by Crippen LogP contribution is -2.47. The summed E-state index contributed by atoms with van der Waals surface area (Å²) in [6.07, 6.45) is 1.95. The van der Waals surface area contributed by atoms with Gasteiger partial charge in [-0.2, -0.15) is 5.10 Å². The molecular weight excluding hydrogens is 380 g/mol. The summed E-state index contributed by atoms with van der Waals surface area (Å²) in [5.41, 5.74) is 2.31. The van der Waals surface area contributed by atoms with Crippen LogP contribution in [0.5, 0.6) is 0 Å². The SMILES string of the molecule is CCCCC1CN(CC2CNC(O)O2)C(=O)c2cc(-c3ccc(Cl)cc3)nn21. The van der Waals surface area contributed by atoms with E-state index >= 15 is 0 Å². The van der Waals surface area contributed by atoms with Crippen LogP contribution in [0.3, 0.4) is 0 Å². The van der Waals surface area contributed by atoms with Gasteiger partial charge < -0.3 is 14.7 Å². The Kier molecular flexibility index (Phi) is 5.68. The first-order valence-corrected chi connectivity index (χ1v) is 10.1. The van der Waals surface area contributed by atoms with Gasteiger partial charge in [0, 0.05) is 30.2 Å². The Bertz CT molecular complexity index is 838. The molecule has 0 aliphatic carbocycles. The maximum absolute atomic E-state index is 13.1. The standard InChI is InChI=1S/C20H25ClN4O3/c1-2-3-4-15-11-24(12-16-10-22-20(27)28-16)19(26)18-9-17(23-25(15)18)13-5-7-14(21)8-6-13/h5-9,15-16,20,22,27H,2-4,10-12H2,1H3. The van der Waals surface area contributed by atoms with Crippen LogP contribution >= 0.6 is 11.6 Å². The van der Waals surface area contributed by atoms with E-state index in [0.29, 0.717) is 30.4 Å². The second-order valence-electron chi connectivity index (χ2n) is 7.39. The number of halogens is 1. The van der Waals surface area contributed by atoms with Gasteiger partial charge >= 0.3 is 0 Å². The van der Waals surface area contributed by atoms with Gasteiger partial charge in [0.05, 0.1) is 17.8 Å². The zero-order valence-electron chi connectivity index (χ0n) is 15.8. The molecule has 2 aliphatic rings. The number of benzene rings is 1. The van der Waals surface area contributed by atoms with Crippen molar-refractivity contribution < 1.29 is 14.6 Å². The molecule has 3 unspecified atom stereocenters. The Morgan fingerprint density at radius 1 is 1.36 bits per heavy atom. The Balaban J connectivity index is 1.61. The van der Waals surface area contributed by atoms with E-state index in [1.54, 1.807) is 0 Å². The Morgan fingerprint density at radius 3 is 2.82 bits per heavy atom. The fraction of sp³-hybridized carbons (Fsp3) is 0.500. The molecule has 3 heterocycles. The lowest BCUT2D eigenvalue weighted by molar-refractivity contribution is -0.104. The van der Waals surface area contributed by atoms with Crippen molar-refractivity contribution in [2.45, 2.75) is 44.7 Å². The lowest BCUT2D eigenvalue weighted by atomic mass is 10.1. The van der Waals surface area contributed by atoms with Crippen molar-refractivity contribution in [1.29, 1.82) is 0 Å². The smallest absolute Gasteiger partial charge is 0.272 e. The van der Waals surface area contributed by atoms with Gasteiger partial charge in [-0.15, -0.1) is 0 Å². The number of aromatic nitrogens is 2. The van der Waals surface area contributed by atoms with Crippen LogP contribution in [-0.4, -0.2) is 57.8 Å². The number of rotatable bonds is 6. The van der Waals surface area contributed by atoms with Crippen LogP contribution in [0.25, 0.3) is 11.3 Å². The molecule has 1 aromatic heterocycles. The van der Waals surface area contributed by atoms with Crippen molar-refractivity contribution in [1.82, 2.24) is 20.0 Å². The zero-order valence-corrected chi connectivity index (χ0v) is 16.6. The van der Waals surface area contributed by atoms with Gasteiger partial charge in [-0.25, -0.2) is 0 Å². The second-order valence-corrected chi connectivity index (χ2v) is 7.83. The average Bonchev–Trinajstić information content (AvgIpc) is 3.30. The van der Waals surface area contributed by atoms with Gasteiger partial charge in [-0.3, -0.25) is 14.8 Å². The lowest BCUT2D eigenvalue weighted by Gasteiger charge is -2.34. The summed E-state index contributed by atoms with van der Waals surface area (Å²) in [5.74, 6) is -0.0505. The van der Waals surface area contributed by atoms with E-state index in [1.165, 1.54) is 0 Å². The Labute approximate surface area is 169 Å². The number of carbonyl (C=O) groups is 1. The molecule has 4 rings (SSSR count). The van der Waals surface area contributed by atoms with Crippen LogP contribution in [0, 0.1) is 0 Å². The molecule has 0 radical (unpaired) electrons. The zero-order chi connectivity index (χ0) is 19.7. The largest absolute Gasteiger partial charge is 0.356 e. The van der Waals surface area contributed by atoms with Gasteiger partial charge in [0.15, 0.2) is 0 Å². The predicted octanol–water partition coefficient (Wildman–Crippen LogP) is 2.65. The highest BCUT2D eigenvalue weighted by Crippen LogP contribution is 2.30. The molecule has 1 fully saturated rings. The summed E-state index contributed by atoms with van der Waals surface area (Å²) >= 11 is 5.99. The number of hydrogen-bond donors (Lipinski definition) is 2. The van der Waals surface area contributed by atoms with Crippen molar-refractivity contribution in [2.75, 3.05) is 19.6 Å². The van der Waals surface area contributed by atoms with Crippen molar-refractivity contribution in [3.63, 3.8) is 0 Å². The highest BCUT2D eigenvalue weighted by molar-refractivity contribution is 6.30. The van der Waals surface area contributed by atoms with Crippen molar-refractivity contribution >= 4 is 17.5 Å². The fourth-order valence-corrected chi connectivity index (χ4v) is 3.97. The number of fused-ring (bicyclic) bond motifs is 1. The van der Waals surface area contributed by atoms with Crippen LogP contribution in [0.2, 0.25) is 5.02 Å². The third kappa shape index (κ3) is 3.93. The van der Waals surface area contributed by atoms with E-state index in [-0.39, 0.29) is 18.1 Å². The van der Waals surface area contributed by atoms with Crippen LogP contribution < -0.4 is 5.32 Å². The summed E-state index contributed by atoms with van der Waals surface area (Å²) in [5, 5.41) is 17.8. The van der Waals surface area contributed by atoms with Crippen molar-refractivity contribution in [3.8, 4) is 11.3 Å². The molecule has 8 heteroatoms. The van der Waals surface area contributed by atoms with Crippen molar-refractivity contribution in [3.05, 3.63) is 41.0 Å². The normalized spacial score (nSPS) is 24.6. The summed E-state index contributed by atoms with van der Waals surface area (Å²) in [7, 11) is 0. The van der Waals surface area contributed by atoms with E-state index in [1.807, 2.05) is 39.9 Å². The highest BCUT2D eigenvalue weighted by Gasteiger charge is 2.35. The number of nitrogens with one attached hydrogen (secondary N) is 1. The number of carbonyl (C=O) groups excluding carboxylic acids is 1. The molecule has 1 saturated heterocycles. The third-order valence-corrected chi connectivity index (χ3v) is 5.57. The Morgan fingerprint density at radius 2 is 2.14 bits per heavy atom. The first kappa shape index (κ1) is 19.4. The molecule has 0 saturated carbocycles. The number of unbranched alkanes of at least 4 members (excludes halogenated alkanes) is 1. The summed E-state index contributed by atoms with van der Waals surface area (Å²) in [6.45, 7) is 3.74. The third-order valence-electron chi connectivity index (χ3n) is 5.32. The minimum Gasteiger partial charge on any atom is -0.356 e. The van der Waals surface area contributed by atoms with E-state index in [2.05, 4.69) is 12.2 Å². The summed E-state index contributed by atoms with van der Waals surface area (Å²) in [4.78, 5) is 14.9. The first-order chi connectivity index (χ1) is 13.5. The molecule has 1 amide bonds. The molecule has 0 spiro atoms. The van der Waals surface area contributed by atoms with Crippen LogP contribution in [0.15, 0.2) is 30.3 Å². The summed E-state index contributed by atoms with van der Waals surface area (Å²) < 4.78 is 7.31.